The lowest BCUT2D eigenvalue weighted by Gasteiger charge is -2.38. The molecule has 0 N–H and O–H groups in total. The molecule has 0 aliphatic carbocycles. The number of likely N-dealkylation sites (tertiary alicyclic amines) is 1. The normalized spacial score (nSPS) is 21.2. The minimum atomic E-state index is -4.43. The predicted octanol–water partition coefficient (Wildman–Crippen LogP) is 0.720. The summed E-state index contributed by atoms with van der Waals surface area (Å²) in [4.78, 5) is 29.6. The summed E-state index contributed by atoms with van der Waals surface area (Å²) >= 11 is 0. The van der Waals surface area contributed by atoms with Crippen LogP contribution < -0.4 is 0 Å². The average molecular weight is 351 g/mol. The van der Waals surface area contributed by atoms with Crippen LogP contribution in [0.4, 0.5) is 13.2 Å². The number of amides is 2. The first-order valence-corrected chi connectivity index (χ1v) is 8.23. The van der Waals surface area contributed by atoms with E-state index in [2.05, 4.69) is 4.74 Å². The first-order valence-electron chi connectivity index (χ1n) is 8.23. The molecule has 2 amide bonds. The Morgan fingerprint density at radius 3 is 2.12 bits per heavy atom. The third-order valence-corrected chi connectivity index (χ3v) is 4.48. The van der Waals surface area contributed by atoms with Crippen LogP contribution in [0.2, 0.25) is 0 Å². The van der Waals surface area contributed by atoms with Gasteiger partial charge in [0.1, 0.15) is 13.2 Å². The number of alkyl halides is 3. The van der Waals surface area contributed by atoms with Crippen LogP contribution >= 0.6 is 0 Å². The van der Waals surface area contributed by atoms with E-state index in [1.807, 2.05) is 16.7 Å². The van der Waals surface area contributed by atoms with Crippen LogP contribution in [0.5, 0.6) is 0 Å². The topological polar surface area (TPSA) is 53.1 Å². The second kappa shape index (κ2) is 8.15. The fourth-order valence-corrected chi connectivity index (χ4v) is 3.06. The van der Waals surface area contributed by atoms with E-state index in [-0.39, 0.29) is 11.9 Å². The average Bonchev–Trinajstić information content (AvgIpc) is 3.06. The summed E-state index contributed by atoms with van der Waals surface area (Å²) in [5.41, 5.74) is 0. The first kappa shape index (κ1) is 19.0. The molecule has 0 saturated carbocycles. The predicted molar refractivity (Wildman–Crippen MR) is 80.3 cm³/mol. The van der Waals surface area contributed by atoms with Gasteiger partial charge < -0.3 is 14.5 Å². The van der Waals surface area contributed by atoms with Gasteiger partial charge in [0.25, 0.3) is 0 Å². The van der Waals surface area contributed by atoms with Gasteiger partial charge in [0.05, 0.1) is 6.04 Å². The lowest BCUT2D eigenvalue weighted by atomic mass is 10.2. The maximum Gasteiger partial charge on any atom is 0.411 e. The lowest BCUT2D eigenvalue weighted by molar-refractivity contribution is -0.178. The van der Waals surface area contributed by atoms with Crippen LogP contribution in [0, 0.1) is 0 Å². The molecule has 1 unspecified atom stereocenters. The van der Waals surface area contributed by atoms with E-state index in [0.717, 1.165) is 25.9 Å². The van der Waals surface area contributed by atoms with Crippen molar-refractivity contribution >= 4 is 11.8 Å². The monoisotopic (exact) mass is 351 g/mol. The van der Waals surface area contributed by atoms with Gasteiger partial charge in [-0.25, -0.2) is 0 Å². The van der Waals surface area contributed by atoms with Crippen LogP contribution in [0.3, 0.4) is 0 Å². The zero-order valence-electron chi connectivity index (χ0n) is 13.8. The molecule has 2 aliphatic rings. The highest BCUT2D eigenvalue weighted by Gasteiger charge is 2.32. The highest BCUT2D eigenvalue weighted by molar-refractivity contribution is 5.82. The summed E-state index contributed by atoms with van der Waals surface area (Å²) in [5, 5.41) is 0. The van der Waals surface area contributed by atoms with Crippen LogP contribution in [0.25, 0.3) is 0 Å². The molecular formula is C15H24F3N3O3. The molecule has 0 bridgehead atoms. The third-order valence-electron chi connectivity index (χ3n) is 4.48. The van der Waals surface area contributed by atoms with Crippen molar-refractivity contribution in [2.75, 3.05) is 52.5 Å². The van der Waals surface area contributed by atoms with Crippen molar-refractivity contribution in [3.05, 3.63) is 0 Å². The van der Waals surface area contributed by atoms with Gasteiger partial charge in [-0.2, -0.15) is 13.2 Å². The van der Waals surface area contributed by atoms with Crippen molar-refractivity contribution in [2.24, 2.45) is 0 Å². The molecule has 2 rings (SSSR count). The molecule has 0 aromatic carbocycles. The standard InChI is InChI=1S/C15H24F3N3O3/c1-12(14(23)21-4-2-3-5-21)19-6-8-20(9-7-19)13(22)10-24-11-15(16,17)18/h12H,2-11H2,1H3. The third kappa shape index (κ3) is 5.34. The maximum absolute atomic E-state index is 12.4. The molecule has 0 aromatic heterocycles. The second-order valence-corrected chi connectivity index (χ2v) is 6.23. The molecule has 2 saturated heterocycles. The number of carbonyl (C=O) groups excluding carboxylic acids is 2. The molecular weight excluding hydrogens is 327 g/mol. The Kier molecular flexibility index (Phi) is 6.45. The Balaban J connectivity index is 1.72. The summed E-state index contributed by atoms with van der Waals surface area (Å²) in [5.74, 6) is -0.335. The van der Waals surface area contributed by atoms with Crippen molar-refractivity contribution in [1.29, 1.82) is 0 Å². The van der Waals surface area contributed by atoms with Crippen molar-refractivity contribution in [3.63, 3.8) is 0 Å². The molecule has 138 valence electrons. The molecule has 2 aliphatic heterocycles. The van der Waals surface area contributed by atoms with Gasteiger partial charge in [0.15, 0.2) is 0 Å². The Morgan fingerprint density at radius 1 is 1.00 bits per heavy atom. The molecule has 2 fully saturated rings. The number of halogens is 3. The highest BCUT2D eigenvalue weighted by Crippen LogP contribution is 2.15. The fourth-order valence-electron chi connectivity index (χ4n) is 3.06. The largest absolute Gasteiger partial charge is 0.411 e. The van der Waals surface area contributed by atoms with Gasteiger partial charge in [0, 0.05) is 39.3 Å². The van der Waals surface area contributed by atoms with Gasteiger partial charge in [-0.15, -0.1) is 0 Å². The van der Waals surface area contributed by atoms with Crippen molar-refractivity contribution in [3.8, 4) is 0 Å². The summed E-state index contributed by atoms with van der Waals surface area (Å²) in [6, 6.07) is -0.234. The number of hydrogen-bond acceptors (Lipinski definition) is 4. The van der Waals surface area contributed by atoms with E-state index in [0.29, 0.717) is 26.2 Å². The van der Waals surface area contributed by atoms with Gasteiger partial charge in [-0.1, -0.05) is 0 Å². The van der Waals surface area contributed by atoms with Crippen LogP contribution in [-0.2, 0) is 14.3 Å². The quantitative estimate of drug-likeness (QED) is 0.733. The maximum atomic E-state index is 12.4. The van der Waals surface area contributed by atoms with E-state index in [9.17, 15) is 22.8 Å². The number of carbonyl (C=O) groups is 2. The molecule has 6 nitrogen and oxygen atoms in total. The van der Waals surface area contributed by atoms with E-state index < -0.39 is 25.3 Å². The minimum absolute atomic E-state index is 0.112. The molecule has 9 heteroatoms. The number of piperazine rings is 1. The number of hydrogen-bond donors (Lipinski definition) is 0. The molecule has 0 radical (unpaired) electrons. The van der Waals surface area contributed by atoms with E-state index in [4.69, 9.17) is 0 Å². The Hall–Kier alpha value is -1.35. The van der Waals surface area contributed by atoms with Crippen LogP contribution in [0.1, 0.15) is 19.8 Å². The van der Waals surface area contributed by atoms with Crippen LogP contribution in [0.15, 0.2) is 0 Å². The minimum Gasteiger partial charge on any atom is -0.362 e. The highest BCUT2D eigenvalue weighted by atomic mass is 19.4. The Bertz CT molecular complexity index is 445. The first-order chi connectivity index (χ1) is 11.3. The van der Waals surface area contributed by atoms with Crippen molar-refractivity contribution < 1.29 is 27.5 Å². The summed E-state index contributed by atoms with van der Waals surface area (Å²) in [6.07, 6.45) is -2.35. The molecule has 0 spiro atoms. The number of ether oxygens (including phenoxy) is 1. The fraction of sp³-hybridized carbons (Fsp3) is 0.867. The summed E-state index contributed by atoms with van der Waals surface area (Å²) in [6.45, 7) is 3.35. The smallest absolute Gasteiger partial charge is 0.362 e. The number of rotatable bonds is 5. The van der Waals surface area contributed by atoms with Gasteiger partial charge in [0.2, 0.25) is 11.8 Å². The lowest BCUT2D eigenvalue weighted by Crippen LogP contribution is -2.55. The number of nitrogens with zero attached hydrogens (tertiary/aromatic N) is 3. The van der Waals surface area contributed by atoms with Crippen molar-refractivity contribution in [1.82, 2.24) is 14.7 Å². The Morgan fingerprint density at radius 2 is 1.58 bits per heavy atom. The summed E-state index contributed by atoms with van der Waals surface area (Å²) < 4.78 is 40.4. The van der Waals surface area contributed by atoms with E-state index >= 15 is 0 Å². The zero-order valence-corrected chi connectivity index (χ0v) is 13.8. The molecule has 1 atom stereocenters. The molecule has 24 heavy (non-hydrogen) atoms. The van der Waals surface area contributed by atoms with Crippen molar-refractivity contribution in [2.45, 2.75) is 32.0 Å². The van der Waals surface area contributed by atoms with Gasteiger partial charge in [-0.3, -0.25) is 14.5 Å². The Labute approximate surface area is 139 Å². The SMILES string of the molecule is CC(C(=O)N1CCCC1)N1CCN(C(=O)COCC(F)(F)F)CC1. The zero-order chi connectivity index (χ0) is 17.7. The molecule has 0 aromatic rings. The van der Waals surface area contributed by atoms with E-state index in [1.54, 1.807) is 0 Å². The van der Waals surface area contributed by atoms with Gasteiger partial charge >= 0.3 is 6.18 Å². The second-order valence-electron chi connectivity index (χ2n) is 6.23. The summed E-state index contributed by atoms with van der Waals surface area (Å²) in [7, 11) is 0. The van der Waals surface area contributed by atoms with E-state index in [1.165, 1.54) is 4.90 Å². The van der Waals surface area contributed by atoms with Gasteiger partial charge in [-0.05, 0) is 19.8 Å². The molecule has 2 heterocycles. The van der Waals surface area contributed by atoms with Crippen LogP contribution in [-0.4, -0.2) is 91.2 Å².